The van der Waals surface area contributed by atoms with Crippen LogP contribution in [-0.2, 0) is 0 Å². The Morgan fingerprint density at radius 2 is 1.94 bits per heavy atom. The first-order valence-electron chi connectivity index (χ1n) is 7.22. The lowest BCUT2D eigenvalue weighted by atomic mass is 9.76. The van der Waals surface area contributed by atoms with Crippen LogP contribution in [-0.4, -0.2) is 6.54 Å². The molecule has 92 valence electrons. The van der Waals surface area contributed by atoms with Gasteiger partial charge >= 0.3 is 0 Å². The quantitative estimate of drug-likeness (QED) is 0.804. The van der Waals surface area contributed by atoms with E-state index in [9.17, 15) is 0 Å². The Bertz CT molecular complexity index is 377. The van der Waals surface area contributed by atoms with Gasteiger partial charge in [0.2, 0.25) is 0 Å². The first kappa shape index (κ1) is 11.3. The second-order valence-corrected chi connectivity index (χ2v) is 5.63. The molecule has 1 aromatic rings. The second-order valence-electron chi connectivity index (χ2n) is 5.63. The summed E-state index contributed by atoms with van der Waals surface area (Å²) in [6.07, 6.45) is 7.06. The highest BCUT2D eigenvalue weighted by molar-refractivity contribution is 5.35. The van der Waals surface area contributed by atoms with E-state index in [0.29, 0.717) is 6.04 Å². The summed E-state index contributed by atoms with van der Waals surface area (Å²) in [5.41, 5.74) is 3.23. The molecule has 2 saturated carbocycles. The van der Waals surface area contributed by atoms with E-state index >= 15 is 0 Å². The average Bonchev–Trinajstić information content (AvgIpc) is 3.09. The van der Waals surface area contributed by atoms with Crippen LogP contribution in [0.4, 0.5) is 0 Å². The van der Waals surface area contributed by atoms with Crippen molar-refractivity contribution in [2.24, 2.45) is 5.92 Å². The molecule has 1 N–H and O–H groups in total. The van der Waals surface area contributed by atoms with Crippen molar-refractivity contribution in [3.63, 3.8) is 0 Å². The monoisotopic (exact) mass is 229 g/mol. The second kappa shape index (κ2) is 4.81. The van der Waals surface area contributed by atoms with Gasteiger partial charge in [-0.05, 0) is 55.2 Å². The highest BCUT2D eigenvalue weighted by Crippen LogP contribution is 2.45. The Hall–Kier alpha value is -0.820. The van der Waals surface area contributed by atoms with Crippen LogP contribution in [0.25, 0.3) is 0 Å². The topological polar surface area (TPSA) is 12.0 Å². The summed E-state index contributed by atoms with van der Waals surface area (Å²) in [7, 11) is 0. The van der Waals surface area contributed by atoms with E-state index in [4.69, 9.17) is 0 Å². The van der Waals surface area contributed by atoms with E-state index in [1.54, 1.807) is 11.1 Å². The Balaban J connectivity index is 1.88. The molecule has 0 radical (unpaired) electrons. The zero-order valence-electron chi connectivity index (χ0n) is 10.8. The van der Waals surface area contributed by atoms with Crippen molar-refractivity contribution in [1.29, 1.82) is 0 Å². The predicted molar refractivity (Wildman–Crippen MR) is 72.2 cm³/mol. The third-order valence-corrected chi connectivity index (χ3v) is 4.39. The summed E-state index contributed by atoms with van der Waals surface area (Å²) in [6, 6.07) is 9.78. The van der Waals surface area contributed by atoms with Crippen LogP contribution in [0.1, 0.15) is 62.1 Å². The summed E-state index contributed by atoms with van der Waals surface area (Å²) < 4.78 is 0. The van der Waals surface area contributed by atoms with Crippen molar-refractivity contribution >= 4 is 0 Å². The van der Waals surface area contributed by atoms with E-state index in [0.717, 1.165) is 18.4 Å². The molecule has 0 bridgehead atoms. The average molecular weight is 229 g/mol. The fourth-order valence-electron chi connectivity index (χ4n) is 3.07. The van der Waals surface area contributed by atoms with Gasteiger partial charge in [-0.25, -0.2) is 0 Å². The molecular weight excluding hydrogens is 206 g/mol. The number of nitrogens with one attached hydrogen (secondary N) is 1. The minimum Gasteiger partial charge on any atom is -0.310 e. The first-order chi connectivity index (χ1) is 8.40. The normalized spacial score (nSPS) is 22.2. The molecule has 2 fully saturated rings. The van der Waals surface area contributed by atoms with Crippen LogP contribution in [0.3, 0.4) is 0 Å². The van der Waals surface area contributed by atoms with Crippen molar-refractivity contribution in [1.82, 2.24) is 5.32 Å². The van der Waals surface area contributed by atoms with E-state index in [-0.39, 0.29) is 0 Å². The standard InChI is InChI=1S/C16H23N/c1-2-17-16(13-10-11-13)15-9-4-3-8-14(15)12-6-5-7-12/h3-4,8-9,12-13,16-17H,2,5-7,10-11H2,1H3. The minimum atomic E-state index is 0.622. The minimum absolute atomic E-state index is 0.622. The smallest absolute Gasteiger partial charge is 0.0351 e. The van der Waals surface area contributed by atoms with Crippen LogP contribution >= 0.6 is 0 Å². The van der Waals surface area contributed by atoms with Crippen LogP contribution in [0, 0.1) is 5.92 Å². The maximum absolute atomic E-state index is 3.70. The van der Waals surface area contributed by atoms with E-state index in [1.165, 1.54) is 32.1 Å². The largest absolute Gasteiger partial charge is 0.310 e. The Morgan fingerprint density at radius 1 is 1.18 bits per heavy atom. The maximum atomic E-state index is 3.70. The Morgan fingerprint density at radius 3 is 2.53 bits per heavy atom. The van der Waals surface area contributed by atoms with E-state index in [1.807, 2.05) is 0 Å². The molecule has 0 heterocycles. The summed E-state index contributed by atoms with van der Waals surface area (Å²) in [5, 5.41) is 3.70. The number of hydrogen-bond acceptors (Lipinski definition) is 1. The van der Waals surface area contributed by atoms with Crippen molar-refractivity contribution in [2.75, 3.05) is 6.54 Å². The van der Waals surface area contributed by atoms with E-state index in [2.05, 4.69) is 36.5 Å². The van der Waals surface area contributed by atoms with Gasteiger partial charge in [0.25, 0.3) is 0 Å². The van der Waals surface area contributed by atoms with Crippen LogP contribution < -0.4 is 5.32 Å². The van der Waals surface area contributed by atoms with Gasteiger partial charge in [-0.2, -0.15) is 0 Å². The fourth-order valence-corrected chi connectivity index (χ4v) is 3.07. The third kappa shape index (κ3) is 2.26. The van der Waals surface area contributed by atoms with Gasteiger partial charge in [0, 0.05) is 6.04 Å². The molecule has 1 unspecified atom stereocenters. The fraction of sp³-hybridized carbons (Fsp3) is 0.625. The lowest BCUT2D eigenvalue weighted by Crippen LogP contribution is -2.25. The van der Waals surface area contributed by atoms with E-state index < -0.39 is 0 Å². The highest BCUT2D eigenvalue weighted by Gasteiger charge is 2.34. The van der Waals surface area contributed by atoms with Gasteiger partial charge in [0.15, 0.2) is 0 Å². The SMILES string of the molecule is CCNC(c1ccccc1C1CCC1)C1CC1. The van der Waals surface area contributed by atoms with Gasteiger partial charge in [0.1, 0.15) is 0 Å². The van der Waals surface area contributed by atoms with Gasteiger partial charge in [-0.3, -0.25) is 0 Å². The number of benzene rings is 1. The molecule has 2 aliphatic carbocycles. The van der Waals surface area contributed by atoms with Crippen molar-refractivity contribution in [2.45, 2.75) is 51.0 Å². The van der Waals surface area contributed by atoms with Gasteiger partial charge < -0.3 is 5.32 Å². The highest BCUT2D eigenvalue weighted by atomic mass is 14.9. The molecule has 0 amide bonds. The Labute approximate surface area is 105 Å². The molecule has 1 aromatic carbocycles. The van der Waals surface area contributed by atoms with Crippen LogP contribution in [0.2, 0.25) is 0 Å². The molecule has 0 aromatic heterocycles. The molecule has 2 aliphatic rings. The molecule has 17 heavy (non-hydrogen) atoms. The van der Waals surface area contributed by atoms with Crippen molar-refractivity contribution in [3.8, 4) is 0 Å². The molecule has 1 atom stereocenters. The zero-order chi connectivity index (χ0) is 11.7. The van der Waals surface area contributed by atoms with Gasteiger partial charge in [-0.15, -0.1) is 0 Å². The first-order valence-corrected chi connectivity index (χ1v) is 7.22. The summed E-state index contributed by atoms with van der Waals surface area (Å²) in [4.78, 5) is 0. The lowest BCUT2D eigenvalue weighted by molar-refractivity contribution is 0.407. The molecule has 0 aliphatic heterocycles. The van der Waals surface area contributed by atoms with Crippen molar-refractivity contribution < 1.29 is 0 Å². The summed E-state index contributed by atoms with van der Waals surface area (Å²) >= 11 is 0. The summed E-state index contributed by atoms with van der Waals surface area (Å²) in [6.45, 7) is 3.31. The zero-order valence-corrected chi connectivity index (χ0v) is 10.8. The van der Waals surface area contributed by atoms with Gasteiger partial charge in [-0.1, -0.05) is 37.6 Å². The molecule has 1 nitrogen and oxygen atoms in total. The lowest BCUT2D eigenvalue weighted by Gasteiger charge is -2.31. The Kier molecular flexibility index (Phi) is 3.19. The van der Waals surface area contributed by atoms with Crippen LogP contribution in [0.5, 0.6) is 0 Å². The van der Waals surface area contributed by atoms with Crippen LogP contribution in [0.15, 0.2) is 24.3 Å². The predicted octanol–water partition coefficient (Wildman–Crippen LogP) is 4.01. The molecular formula is C16H23N. The molecule has 1 heteroatoms. The third-order valence-electron chi connectivity index (χ3n) is 4.39. The van der Waals surface area contributed by atoms with Crippen molar-refractivity contribution in [3.05, 3.63) is 35.4 Å². The molecule has 0 saturated heterocycles. The number of rotatable bonds is 5. The van der Waals surface area contributed by atoms with Gasteiger partial charge in [0.05, 0.1) is 0 Å². The molecule has 3 rings (SSSR count). The molecule has 0 spiro atoms. The number of hydrogen-bond donors (Lipinski definition) is 1. The maximum Gasteiger partial charge on any atom is 0.0351 e. The summed E-state index contributed by atoms with van der Waals surface area (Å²) in [5.74, 6) is 1.75.